The van der Waals surface area contributed by atoms with Crippen LogP contribution in [0.3, 0.4) is 0 Å². The molecule has 1 aromatic rings. The average molecular weight is 182 g/mol. The number of rotatable bonds is 2. The maximum atomic E-state index is 11.2. The van der Waals surface area contributed by atoms with Gasteiger partial charge < -0.3 is 10.6 Å². The van der Waals surface area contributed by atoms with Crippen LogP contribution in [-0.2, 0) is 0 Å². The molecule has 0 spiro atoms. The van der Waals surface area contributed by atoms with E-state index < -0.39 is 5.56 Å². The van der Waals surface area contributed by atoms with Gasteiger partial charge in [0.05, 0.1) is 5.56 Å². The highest BCUT2D eigenvalue weighted by Gasteiger charge is 2.10. The number of amides is 1. The molecular formula is C7H10N4O2. The Bertz CT molecular complexity index is 371. The fraction of sp³-hybridized carbons (Fsp3) is 0.286. The predicted octanol–water partition coefficient (Wildman–Crippen LogP) is -0.829. The lowest BCUT2D eigenvalue weighted by Gasteiger charge is -2.04. The van der Waals surface area contributed by atoms with Gasteiger partial charge in [0.25, 0.3) is 11.5 Å². The Labute approximate surface area is 74.4 Å². The Balaban J connectivity index is 3.23. The Morgan fingerprint density at radius 3 is 2.77 bits per heavy atom. The Kier molecular flexibility index (Phi) is 2.63. The quantitative estimate of drug-likeness (QED) is 0.557. The molecular weight excluding hydrogens is 172 g/mol. The zero-order chi connectivity index (χ0) is 9.84. The Morgan fingerprint density at radius 1 is 1.54 bits per heavy atom. The monoisotopic (exact) mass is 182 g/mol. The van der Waals surface area contributed by atoms with Crippen molar-refractivity contribution in [1.29, 1.82) is 0 Å². The van der Waals surface area contributed by atoms with E-state index in [-0.39, 0.29) is 11.5 Å². The van der Waals surface area contributed by atoms with E-state index in [4.69, 9.17) is 0 Å². The molecule has 3 N–H and O–H groups in total. The van der Waals surface area contributed by atoms with E-state index in [9.17, 15) is 9.59 Å². The van der Waals surface area contributed by atoms with Crippen molar-refractivity contribution in [3.63, 3.8) is 0 Å². The van der Waals surface area contributed by atoms with Gasteiger partial charge in [-0.15, -0.1) is 0 Å². The molecule has 0 aliphatic carbocycles. The SMILES string of the molecule is CNC(=O)c1cc(=O)[nH]nc1NC. The molecule has 0 aliphatic heterocycles. The van der Waals surface area contributed by atoms with E-state index >= 15 is 0 Å². The van der Waals surface area contributed by atoms with Crippen molar-refractivity contribution in [2.45, 2.75) is 0 Å². The second-order valence-electron chi connectivity index (χ2n) is 2.32. The van der Waals surface area contributed by atoms with Crippen LogP contribution in [-0.4, -0.2) is 30.2 Å². The number of hydrogen-bond donors (Lipinski definition) is 3. The van der Waals surface area contributed by atoms with Crippen LogP contribution in [0.25, 0.3) is 0 Å². The minimum atomic E-state index is -0.405. The van der Waals surface area contributed by atoms with Crippen molar-refractivity contribution in [3.05, 3.63) is 22.0 Å². The van der Waals surface area contributed by atoms with Gasteiger partial charge in [-0.05, 0) is 0 Å². The van der Waals surface area contributed by atoms with Crippen LogP contribution in [0.1, 0.15) is 10.4 Å². The molecule has 0 aromatic carbocycles. The minimum Gasteiger partial charge on any atom is -0.371 e. The summed E-state index contributed by atoms with van der Waals surface area (Å²) in [7, 11) is 3.11. The van der Waals surface area contributed by atoms with Crippen LogP contribution >= 0.6 is 0 Å². The van der Waals surface area contributed by atoms with Crippen molar-refractivity contribution < 1.29 is 4.79 Å². The molecule has 1 rings (SSSR count). The van der Waals surface area contributed by atoms with Crippen LogP contribution in [0.4, 0.5) is 5.82 Å². The first-order valence-electron chi connectivity index (χ1n) is 3.68. The number of carbonyl (C=O) groups is 1. The van der Waals surface area contributed by atoms with Crippen LogP contribution in [0, 0.1) is 0 Å². The molecule has 0 bridgehead atoms. The van der Waals surface area contributed by atoms with Crippen molar-refractivity contribution >= 4 is 11.7 Å². The number of aromatic amines is 1. The van der Waals surface area contributed by atoms with Gasteiger partial charge in [-0.1, -0.05) is 0 Å². The second kappa shape index (κ2) is 3.70. The number of hydrogen-bond acceptors (Lipinski definition) is 4. The molecule has 0 atom stereocenters. The minimum absolute atomic E-state index is 0.230. The number of anilines is 1. The normalized spacial score (nSPS) is 9.38. The van der Waals surface area contributed by atoms with Crippen LogP contribution in [0.5, 0.6) is 0 Å². The van der Waals surface area contributed by atoms with E-state index in [0.29, 0.717) is 5.82 Å². The molecule has 0 saturated heterocycles. The highest BCUT2D eigenvalue weighted by Crippen LogP contribution is 2.05. The van der Waals surface area contributed by atoms with Crippen molar-refractivity contribution in [3.8, 4) is 0 Å². The highest BCUT2D eigenvalue weighted by molar-refractivity contribution is 5.98. The summed E-state index contributed by atoms with van der Waals surface area (Å²) in [5, 5.41) is 11.0. The standard InChI is InChI=1S/C7H10N4O2/c1-8-6-4(7(13)9-2)3-5(12)10-11-6/h3H,1-2H3,(H,8,11)(H,9,13)(H,10,12). The van der Waals surface area contributed by atoms with Crippen molar-refractivity contribution in [2.75, 3.05) is 19.4 Å². The van der Waals surface area contributed by atoms with Gasteiger partial charge in [0.15, 0.2) is 5.82 Å². The predicted molar refractivity (Wildman–Crippen MR) is 47.8 cm³/mol. The molecule has 1 amide bonds. The maximum Gasteiger partial charge on any atom is 0.265 e. The topological polar surface area (TPSA) is 86.9 Å². The number of nitrogens with one attached hydrogen (secondary N) is 3. The third-order valence-corrected chi connectivity index (χ3v) is 1.52. The molecule has 6 heteroatoms. The van der Waals surface area contributed by atoms with Crippen molar-refractivity contribution in [2.24, 2.45) is 0 Å². The first kappa shape index (κ1) is 9.24. The highest BCUT2D eigenvalue weighted by atomic mass is 16.2. The van der Waals surface area contributed by atoms with E-state index in [1.807, 2.05) is 0 Å². The molecule has 1 aromatic heterocycles. The van der Waals surface area contributed by atoms with Gasteiger partial charge in [0.1, 0.15) is 0 Å². The summed E-state index contributed by atoms with van der Waals surface area (Å²) in [5.74, 6) is 0.00176. The fourth-order valence-electron chi connectivity index (χ4n) is 0.901. The smallest absolute Gasteiger partial charge is 0.265 e. The molecule has 1 heterocycles. The van der Waals surface area contributed by atoms with Gasteiger partial charge in [-0.2, -0.15) is 5.10 Å². The summed E-state index contributed by atoms with van der Waals surface area (Å²) in [6, 6.07) is 1.19. The summed E-state index contributed by atoms with van der Waals surface area (Å²) in [6.07, 6.45) is 0. The molecule has 0 radical (unpaired) electrons. The average Bonchev–Trinajstić information content (AvgIpc) is 2.16. The first-order chi connectivity index (χ1) is 6.19. The van der Waals surface area contributed by atoms with E-state index in [1.165, 1.54) is 13.1 Å². The third-order valence-electron chi connectivity index (χ3n) is 1.52. The number of H-pyrrole nitrogens is 1. The summed E-state index contributed by atoms with van der Waals surface area (Å²) >= 11 is 0. The largest absolute Gasteiger partial charge is 0.371 e. The molecule has 70 valence electrons. The molecule has 0 saturated carbocycles. The summed E-state index contributed by atoms with van der Waals surface area (Å²) in [5.41, 5.74) is -0.175. The van der Waals surface area contributed by atoms with E-state index in [2.05, 4.69) is 20.8 Å². The Morgan fingerprint density at radius 2 is 2.23 bits per heavy atom. The lowest BCUT2D eigenvalue weighted by molar-refractivity contribution is 0.0963. The van der Waals surface area contributed by atoms with Crippen molar-refractivity contribution in [1.82, 2.24) is 15.5 Å². The lowest BCUT2D eigenvalue weighted by Crippen LogP contribution is -2.23. The van der Waals surface area contributed by atoms with Gasteiger partial charge in [-0.25, -0.2) is 5.10 Å². The van der Waals surface area contributed by atoms with E-state index in [0.717, 1.165) is 0 Å². The number of nitrogens with zero attached hydrogens (tertiary/aromatic N) is 1. The van der Waals surface area contributed by atoms with Gasteiger partial charge >= 0.3 is 0 Å². The maximum absolute atomic E-state index is 11.2. The second-order valence-corrected chi connectivity index (χ2v) is 2.32. The molecule has 0 unspecified atom stereocenters. The molecule has 0 aliphatic rings. The fourth-order valence-corrected chi connectivity index (χ4v) is 0.901. The number of aromatic nitrogens is 2. The zero-order valence-electron chi connectivity index (χ0n) is 7.34. The molecule has 0 fully saturated rings. The first-order valence-corrected chi connectivity index (χ1v) is 3.68. The third kappa shape index (κ3) is 1.84. The van der Waals surface area contributed by atoms with Gasteiger partial charge in [0, 0.05) is 20.2 Å². The van der Waals surface area contributed by atoms with Gasteiger partial charge in [-0.3, -0.25) is 9.59 Å². The molecule has 6 nitrogen and oxygen atoms in total. The van der Waals surface area contributed by atoms with Crippen LogP contribution < -0.4 is 16.2 Å². The van der Waals surface area contributed by atoms with E-state index in [1.54, 1.807) is 7.05 Å². The summed E-state index contributed by atoms with van der Waals surface area (Å²) in [6.45, 7) is 0. The molecule has 13 heavy (non-hydrogen) atoms. The van der Waals surface area contributed by atoms with Gasteiger partial charge in [0.2, 0.25) is 0 Å². The van der Waals surface area contributed by atoms with Crippen LogP contribution in [0.2, 0.25) is 0 Å². The lowest BCUT2D eigenvalue weighted by atomic mass is 10.2. The summed E-state index contributed by atoms with van der Waals surface area (Å²) < 4.78 is 0. The Hall–Kier alpha value is -1.85. The van der Waals surface area contributed by atoms with Crippen LogP contribution in [0.15, 0.2) is 10.9 Å². The summed E-state index contributed by atoms with van der Waals surface area (Å²) in [4.78, 5) is 22.1. The zero-order valence-corrected chi connectivity index (χ0v) is 7.34. The number of carbonyl (C=O) groups excluding carboxylic acids is 1.